The molecule has 0 bridgehead atoms. The molecule has 0 aliphatic carbocycles. The van der Waals surface area contributed by atoms with Crippen molar-refractivity contribution in [1.29, 1.82) is 5.26 Å². The van der Waals surface area contributed by atoms with Crippen LogP contribution in [0.5, 0.6) is 5.75 Å². The molecule has 0 atom stereocenters. The van der Waals surface area contributed by atoms with E-state index in [2.05, 4.69) is 21.5 Å². The molecule has 208 valence electrons. The number of pyridine rings is 2. The number of amides is 1. The Kier molecular flexibility index (Phi) is 8.60. The Labute approximate surface area is 230 Å². The van der Waals surface area contributed by atoms with E-state index in [1.807, 2.05) is 24.0 Å². The molecule has 9 nitrogen and oxygen atoms in total. The second kappa shape index (κ2) is 12.1. The number of hydrogen-bond acceptors (Lipinski definition) is 7. The summed E-state index contributed by atoms with van der Waals surface area (Å²) in [6.07, 6.45) is 5.61. The monoisotopic (exact) mass is 548 g/mol. The summed E-state index contributed by atoms with van der Waals surface area (Å²) < 4.78 is 35.2. The molecule has 0 aliphatic rings. The van der Waals surface area contributed by atoms with Crippen molar-refractivity contribution in [2.75, 3.05) is 31.1 Å². The number of anilines is 1. The number of nitriles is 1. The van der Waals surface area contributed by atoms with Gasteiger partial charge in [-0.1, -0.05) is 13.0 Å². The van der Waals surface area contributed by atoms with Crippen molar-refractivity contribution >= 4 is 17.2 Å². The number of ether oxygens (including phenoxy) is 1. The van der Waals surface area contributed by atoms with Gasteiger partial charge in [0, 0.05) is 37.0 Å². The van der Waals surface area contributed by atoms with Crippen LogP contribution in [0.4, 0.5) is 14.6 Å². The van der Waals surface area contributed by atoms with Gasteiger partial charge in [0.1, 0.15) is 41.4 Å². The summed E-state index contributed by atoms with van der Waals surface area (Å²) in [7, 11) is 0. The van der Waals surface area contributed by atoms with Crippen molar-refractivity contribution in [3.63, 3.8) is 0 Å². The molecule has 3 heterocycles. The van der Waals surface area contributed by atoms with Gasteiger partial charge in [-0.05, 0) is 50.6 Å². The summed E-state index contributed by atoms with van der Waals surface area (Å²) >= 11 is 0. The van der Waals surface area contributed by atoms with Gasteiger partial charge < -0.3 is 20.1 Å². The molecule has 11 heteroatoms. The minimum atomic E-state index is -1.04. The Balaban J connectivity index is 1.54. The van der Waals surface area contributed by atoms with Crippen molar-refractivity contribution in [3.05, 3.63) is 77.8 Å². The second-order valence-corrected chi connectivity index (χ2v) is 9.90. The Morgan fingerprint density at radius 3 is 2.58 bits per heavy atom. The highest BCUT2D eigenvalue weighted by atomic mass is 19.1. The lowest BCUT2D eigenvalue weighted by Gasteiger charge is -2.23. The highest BCUT2D eigenvalue weighted by Crippen LogP contribution is 2.31. The first-order valence-electron chi connectivity index (χ1n) is 12.8. The number of nitrogens with one attached hydrogen (secondary N) is 1. The molecule has 1 aromatic carbocycles. The van der Waals surface area contributed by atoms with Crippen LogP contribution in [0.25, 0.3) is 16.6 Å². The van der Waals surface area contributed by atoms with Gasteiger partial charge in [-0.15, -0.1) is 0 Å². The van der Waals surface area contributed by atoms with Crippen molar-refractivity contribution in [3.8, 4) is 22.9 Å². The maximum atomic E-state index is 13.9. The highest BCUT2D eigenvalue weighted by molar-refractivity contribution is 5.94. The molecular formula is C29H30F2N6O3. The fraction of sp³-hybridized carbons (Fsp3) is 0.310. The zero-order valence-electron chi connectivity index (χ0n) is 22.5. The molecule has 4 aromatic rings. The van der Waals surface area contributed by atoms with E-state index in [9.17, 15) is 23.9 Å². The molecule has 1 amide bonds. The van der Waals surface area contributed by atoms with Crippen molar-refractivity contribution in [2.45, 2.75) is 32.8 Å². The number of halogens is 2. The van der Waals surface area contributed by atoms with Gasteiger partial charge in [-0.25, -0.2) is 18.3 Å². The lowest BCUT2D eigenvalue weighted by molar-refractivity contribution is 0.0283. The third-order valence-electron chi connectivity index (χ3n) is 6.03. The molecule has 0 radical (unpaired) electrons. The predicted octanol–water partition coefficient (Wildman–Crippen LogP) is 4.34. The third kappa shape index (κ3) is 6.52. The number of rotatable bonds is 11. The van der Waals surface area contributed by atoms with Crippen molar-refractivity contribution in [2.24, 2.45) is 0 Å². The first kappa shape index (κ1) is 28.4. The number of nitrogens with zero attached hydrogens (tertiary/aromatic N) is 5. The van der Waals surface area contributed by atoms with Gasteiger partial charge in [0.25, 0.3) is 5.91 Å². The molecule has 0 aliphatic heterocycles. The Bertz CT molecular complexity index is 1520. The van der Waals surface area contributed by atoms with Crippen LogP contribution in [0.1, 0.15) is 43.1 Å². The van der Waals surface area contributed by atoms with Gasteiger partial charge in [0.05, 0.1) is 29.1 Å². The maximum Gasteiger partial charge on any atom is 0.257 e. The summed E-state index contributed by atoms with van der Waals surface area (Å²) in [4.78, 5) is 18.9. The van der Waals surface area contributed by atoms with E-state index in [-0.39, 0.29) is 13.2 Å². The van der Waals surface area contributed by atoms with E-state index in [1.165, 1.54) is 12.3 Å². The van der Waals surface area contributed by atoms with Crippen LogP contribution >= 0.6 is 0 Å². The summed E-state index contributed by atoms with van der Waals surface area (Å²) in [5.74, 6) is -1.53. The van der Waals surface area contributed by atoms with Crippen LogP contribution in [0, 0.1) is 23.0 Å². The third-order valence-corrected chi connectivity index (χ3v) is 6.03. The standard InChI is InChI=1S/C29H30F2N6O3/c1-4-11-36(12-10-33-28(38)26-23(30)6-5-7-24(26)31)25-9-8-19(15-34-25)22-13-21(40-18-29(2,3)39)17-37-27(22)20(14-32)16-35-37/h5-9,13,15-17,39H,4,10-12,18H2,1-3H3,(H,33,38). The smallest absolute Gasteiger partial charge is 0.257 e. The van der Waals surface area contributed by atoms with Crippen LogP contribution in [0.15, 0.2) is 55.0 Å². The lowest BCUT2D eigenvalue weighted by Crippen LogP contribution is -2.36. The van der Waals surface area contributed by atoms with Crippen LogP contribution < -0.4 is 15.0 Å². The topological polar surface area (TPSA) is 116 Å². The highest BCUT2D eigenvalue weighted by Gasteiger charge is 2.19. The Hall–Kier alpha value is -4.56. The first-order chi connectivity index (χ1) is 19.1. The maximum absolute atomic E-state index is 13.9. The Morgan fingerprint density at radius 2 is 1.95 bits per heavy atom. The fourth-order valence-electron chi connectivity index (χ4n) is 4.19. The van der Waals surface area contributed by atoms with E-state index < -0.39 is 28.7 Å². The van der Waals surface area contributed by atoms with E-state index in [4.69, 9.17) is 4.74 Å². The fourth-order valence-corrected chi connectivity index (χ4v) is 4.19. The number of aliphatic hydroxyl groups is 1. The molecule has 0 fully saturated rings. The summed E-state index contributed by atoms with van der Waals surface area (Å²) in [5.41, 5.74) is 0.751. The van der Waals surface area contributed by atoms with Gasteiger partial charge >= 0.3 is 0 Å². The largest absolute Gasteiger partial charge is 0.489 e. The molecule has 0 saturated heterocycles. The molecule has 0 unspecified atom stereocenters. The van der Waals surface area contributed by atoms with Gasteiger partial charge in [-0.3, -0.25) is 4.79 Å². The van der Waals surface area contributed by atoms with E-state index in [1.54, 1.807) is 36.8 Å². The average Bonchev–Trinajstić information content (AvgIpc) is 3.34. The number of aromatic nitrogens is 3. The summed E-state index contributed by atoms with van der Waals surface area (Å²) in [5, 5.41) is 26.5. The van der Waals surface area contributed by atoms with Crippen LogP contribution in [0.2, 0.25) is 0 Å². The van der Waals surface area contributed by atoms with E-state index in [0.29, 0.717) is 41.3 Å². The molecule has 3 aromatic heterocycles. The van der Waals surface area contributed by atoms with Crippen LogP contribution in [0.3, 0.4) is 0 Å². The van der Waals surface area contributed by atoms with Crippen LogP contribution in [-0.4, -0.2) is 57.5 Å². The number of benzene rings is 1. The molecular weight excluding hydrogens is 518 g/mol. The van der Waals surface area contributed by atoms with E-state index in [0.717, 1.165) is 24.1 Å². The molecule has 0 spiro atoms. The second-order valence-electron chi connectivity index (χ2n) is 9.90. The molecule has 4 rings (SSSR count). The molecule has 40 heavy (non-hydrogen) atoms. The quantitative estimate of drug-likeness (QED) is 0.286. The minimum Gasteiger partial charge on any atom is -0.489 e. The Morgan fingerprint density at radius 1 is 1.20 bits per heavy atom. The summed E-state index contributed by atoms with van der Waals surface area (Å²) in [6, 6.07) is 10.9. The summed E-state index contributed by atoms with van der Waals surface area (Å²) in [6.45, 7) is 6.51. The van der Waals surface area contributed by atoms with Gasteiger partial charge in [-0.2, -0.15) is 10.4 Å². The van der Waals surface area contributed by atoms with Gasteiger partial charge in [0.15, 0.2) is 0 Å². The number of hydrogen-bond donors (Lipinski definition) is 2. The number of carbonyl (C=O) groups excluding carboxylic acids is 1. The zero-order valence-corrected chi connectivity index (χ0v) is 22.5. The van der Waals surface area contributed by atoms with Crippen molar-refractivity contribution < 1.29 is 23.4 Å². The normalized spacial score (nSPS) is 11.3. The molecule has 2 N–H and O–H groups in total. The average molecular weight is 549 g/mol. The predicted molar refractivity (Wildman–Crippen MR) is 146 cm³/mol. The molecule has 0 saturated carbocycles. The lowest BCUT2D eigenvalue weighted by atomic mass is 10.1. The zero-order chi connectivity index (χ0) is 28.9. The van der Waals surface area contributed by atoms with Crippen molar-refractivity contribution in [1.82, 2.24) is 19.9 Å². The number of carbonyl (C=O) groups is 1. The SMILES string of the molecule is CCCN(CCNC(=O)c1c(F)cccc1F)c1ccc(-c2cc(OCC(C)(C)O)cn3ncc(C#N)c23)cn1. The van der Waals surface area contributed by atoms with E-state index >= 15 is 0 Å². The number of fused-ring (bicyclic) bond motifs is 1. The van der Waals surface area contributed by atoms with Gasteiger partial charge in [0.2, 0.25) is 0 Å². The van der Waals surface area contributed by atoms with Crippen LogP contribution in [-0.2, 0) is 0 Å². The first-order valence-corrected chi connectivity index (χ1v) is 12.8. The minimum absolute atomic E-state index is 0.0631.